The summed E-state index contributed by atoms with van der Waals surface area (Å²) in [6, 6.07) is 13.4. The molecule has 0 bridgehead atoms. The molecule has 8 nitrogen and oxygen atoms in total. The van der Waals surface area contributed by atoms with E-state index in [0.29, 0.717) is 18.8 Å². The van der Waals surface area contributed by atoms with E-state index >= 15 is 0 Å². The molecule has 1 fully saturated rings. The highest BCUT2D eigenvalue weighted by Crippen LogP contribution is 2.25. The van der Waals surface area contributed by atoms with Gasteiger partial charge in [-0.25, -0.2) is 4.79 Å². The number of rotatable bonds is 9. The lowest BCUT2D eigenvalue weighted by molar-refractivity contribution is -0.135. The number of nitrogens with one attached hydrogen (secondary N) is 1. The van der Waals surface area contributed by atoms with Crippen molar-refractivity contribution in [3.05, 3.63) is 82.8 Å². The number of amidine groups is 1. The first-order valence-corrected chi connectivity index (χ1v) is 10.7. The minimum Gasteiger partial charge on any atom is -0.496 e. The molecule has 1 heterocycles. The van der Waals surface area contributed by atoms with Crippen molar-refractivity contribution in [2.45, 2.75) is 13.0 Å². The average Bonchev–Trinajstić information content (AvgIpc) is 3.17. The molecular weight excluding hydrogens is 442 g/mol. The summed E-state index contributed by atoms with van der Waals surface area (Å²) in [5.41, 5.74) is 2.67. The number of hydrogen-bond donors (Lipinski definition) is 1. The van der Waals surface area contributed by atoms with Gasteiger partial charge in [-0.3, -0.25) is 10.1 Å². The van der Waals surface area contributed by atoms with E-state index in [0.717, 1.165) is 40.3 Å². The first-order chi connectivity index (χ1) is 16.0. The molecule has 0 unspecified atom stereocenters. The van der Waals surface area contributed by atoms with Gasteiger partial charge in [0.1, 0.15) is 18.1 Å². The molecule has 33 heavy (non-hydrogen) atoms. The van der Waals surface area contributed by atoms with Crippen molar-refractivity contribution >= 4 is 35.0 Å². The quantitative estimate of drug-likeness (QED) is 0.200. The number of carbonyl (C=O) groups excluding carboxylic acids is 2. The van der Waals surface area contributed by atoms with Gasteiger partial charge in [-0.2, -0.15) is 5.10 Å². The van der Waals surface area contributed by atoms with E-state index in [2.05, 4.69) is 26.8 Å². The fraction of sp³-hybridized carbons (Fsp3) is 0.167. The molecule has 0 saturated carbocycles. The predicted molar refractivity (Wildman–Crippen MR) is 129 cm³/mol. The Balaban J connectivity index is 1.71. The van der Waals surface area contributed by atoms with Crippen LogP contribution >= 0.6 is 11.8 Å². The Bertz CT molecular complexity index is 1140. The Labute approximate surface area is 196 Å². The molecule has 2 aromatic carbocycles. The van der Waals surface area contributed by atoms with Crippen molar-refractivity contribution in [3.8, 4) is 11.5 Å². The van der Waals surface area contributed by atoms with Gasteiger partial charge in [-0.1, -0.05) is 24.3 Å². The van der Waals surface area contributed by atoms with Crippen LogP contribution in [0.1, 0.15) is 16.7 Å². The standard InChI is InChI=1S/C24H23N3O5S/c1-4-7-17-8-5-6-9-20(17)32-15-18-12-16(10-11-19(18)30-2)14-25-27-24-26-23(29)21(33-24)13-22(28)31-3/h4-6,8-14H,1,7,15H2,2-3H3,(H,26,27,29)/b21-13+,25-14?. The van der Waals surface area contributed by atoms with Crippen molar-refractivity contribution < 1.29 is 23.8 Å². The molecule has 9 heteroatoms. The van der Waals surface area contributed by atoms with E-state index in [1.807, 2.05) is 48.5 Å². The zero-order chi connectivity index (χ0) is 23.6. The summed E-state index contributed by atoms with van der Waals surface area (Å²) in [7, 11) is 2.84. The van der Waals surface area contributed by atoms with Crippen LogP contribution < -0.4 is 14.8 Å². The zero-order valence-electron chi connectivity index (χ0n) is 18.2. The van der Waals surface area contributed by atoms with E-state index < -0.39 is 11.9 Å². The van der Waals surface area contributed by atoms with Gasteiger partial charge in [0, 0.05) is 11.6 Å². The molecule has 1 saturated heterocycles. The number of para-hydroxylation sites is 1. The molecule has 0 aliphatic carbocycles. The Morgan fingerprint density at radius 3 is 2.73 bits per heavy atom. The van der Waals surface area contributed by atoms with E-state index in [1.165, 1.54) is 7.11 Å². The molecule has 0 atom stereocenters. The van der Waals surface area contributed by atoms with Crippen LogP contribution in [0.2, 0.25) is 0 Å². The number of ether oxygens (including phenoxy) is 3. The average molecular weight is 466 g/mol. The Morgan fingerprint density at radius 1 is 1.15 bits per heavy atom. The number of esters is 1. The minimum atomic E-state index is -0.613. The fourth-order valence-corrected chi connectivity index (χ4v) is 3.64. The smallest absolute Gasteiger partial charge is 0.331 e. The van der Waals surface area contributed by atoms with E-state index in [4.69, 9.17) is 9.47 Å². The van der Waals surface area contributed by atoms with Gasteiger partial charge in [-0.15, -0.1) is 11.7 Å². The number of thioether (sulfide) groups is 1. The Hall–Kier alpha value is -3.85. The largest absolute Gasteiger partial charge is 0.496 e. The van der Waals surface area contributed by atoms with Crippen LogP contribution in [-0.2, 0) is 27.4 Å². The lowest BCUT2D eigenvalue weighted by Gasteiger charge is -2.13. The fourth-order valence-electron chi connectivity index (χ4n) is 2.90. The van der Waals surface area contributed by atoms with Crippen LogP contribution in [0.15, 0.2) is 76.3 Å². The molecule has 3 rings (SSSR count). The molecule has 170 valence electrons. The SMILES string of the molecule is C=CCc1ccccc1OCc1cc(C=N/N=C2/NC(=O)/C(=C\C(=O)OC)S2)ccc1OC. The second-order valence-corrected chi connectivity index (χ2v) is 7.73. The predicted octanol–water partition coefficient (Wildman–Crippen LogP) is 3.61. The van der Waals surface area contributed by atoms with Crippen molar-refractivity contribution in [1.29, 1.82) is 0 Å². The van der Waals surface area contributed by atoms with Crippen molar-refractivity contribution in [2.75, 3.05) is 14.2 Å². The minimum absolute atomic E-state index is 0.191. The zero-order valence-corrected chi connectivity index (χ0v) is 19.1. The van der Waals surface area contributed by atoms with E-state index in [-0.39, 0.29) is 10.1 Å². The van der Waals surface area contributed by atoms with Gasteiger partial charge in [-0.05, 0) is 53.6 Å². The number of hydrogen-bond acceptors (Lipinski definition) is 8. The third-order valence-corrected chi connectivity index (χ3v) is 5.38. The van der Waals surface area contributed by atoms with Crippen LogP contribution in [0.4, 0.5) is 0 Å². The maximum atomic E-state index is 11.9. The number of methoxy groups -OCH3 is 2. The molecule has 0 aromatic heterocycles. The normalized spacial score (nSPS) is 15.6. The highest BCUT2D eigenvalue weighted by Gasteiger charge is 2.25. The van der Waals surface area contributed by atoms with Crippen LogP contribution in [0.25, 0.3) is 0 Å². The first kappa shape index (κ1) is 23.8. The maximum Gasteiger partial charge on any atom is 0.331 e. The third-order valence-electron chi connectivity index (χ3n) is 4.48. The van der Waals surface area contributed by atoms with Gasteiger partial charge >= 0.3 is 5.97 Å². The summed E-state index contributed by atoms with van der Waals surface area (Å²) in [4.78, 5) is 23.4. The van der Waals surface area contributed by atoms with Crippen LogP contribution in [-0.4, -0.2) is 37.5 Å². The lowest BCUT2D eigenvalue weighted by Crippen LogP contribution is -2.19. The van der Waals surface area contributed by atoms with E-state index in [9.17, 15) is 9.59 Å². The summed E-state index contributed by atoms with van der Waals surface area (Å²) in [5, 5.41) is 10.8. The molecule has 1 aliphatic heterocycles. The lowest BCUT2D eigenvalue weighted by atomic mass is 10.1. The molecule has 1 amide bonds. The monoisotopic (exact) mass is 465 g/mol. The third kappa shape index (κ3) is 6.56. The number of benzene rings is 2. The van der Waals surface area contributed by atoms with Crippen LogP contribution in [0, 0.1) is 0 Å². The molecule has 1 N–H and O–H groups in total. The summed E-state index contributed by atoms with van der Waals surface area (Å²) in [5.74, 6) is 0.433. The van der Waals surface area contributed by atoms with Gasteiger partial charge in [0.2, 0.25) is 0 Å². The van der Waals surface area contributed by atoms with Crippen molar-refractivity contribution in [1.82, 2.24) is 5.32 Å². The molecule has 2 aromatic rings. The number of nitrogens with zero attached hydrogens (tertiary/aromatic N) is 2. The number of amides is 1. The maximum absolute atomic E-state index is 11.9. The van der Waals surface area contributed by atoms with Crippen molar-refractivity contribution in [3.63, 3.8) is 0 Å². The van der Waals surface area contributed by atoms with Gasteiger partial charge < -0.3 is 14.2 Å². The molecule has 0 radical (unpaired) electrons. The summed E-state index contributed by atoms with van der Waals surface area (Å²) in [6.07, 6.45) is 5.21. The Kier molecular flexibility index (Phi) is 8.43. The summed E-state index contributed by atoms with van der Waals surface area (Å²) >= 11 is 1.01. The summed E-state index contributed by atoms with van der Waals surface area (Å²) < 4.78 is 16.0. The number of carbonyl (C=O) groups is 2. The molecule has 0 spiro atoms. The number of allylic oxidation sites excluding steroid dienone is 1. The second kappa shape index (κ2) is 11.7. The highest BCUT2D eigenvalue weighted by molar-refractivity contribution is 8.18. The first-order valence-electron chi connectivity index (χ1n) is 9.92. The summed E-state index contributed by atoms with van der Waals surface area (Å²) in [6.45, 7) is 4.09. The topological polar surface area (TPSA) is 98.6 Å². The Morgan fingerprint density at radius 2 is 1.97 bits per heavy atom. The highest BCUT2D eigenvalue weighted by atomic mass is 32.2. The van der Waals surface area contributed by atoms with E-state index in [1.54, 1.807) is 13.3 Å². The van der Waals surface area contributed by atoms with Crippen LogP contribution in [0.5, 0.6) is 11.5 Å². The van der Waals surface area contributed by atoms with Crippen molar-refractivity contribution in [2.24, 2.45) is 10.2 Å². The molecular formula is C24H23N3O5S. The molecule has 1 aliphatic rings. The van der Waals surface area contributed by atoms with Gasteiger partial charge in [0.15, 0.2) is 5.17 Å². The van der Waals surface area contributed by atoms with Gasteiger partial charge in [0.05, 0.1) is 25.3 Å². The van der Waals surface area contributed by atoms with Gasteiger partial charge in [0.25, 0.3) is 5.91 Å². The second-order valence-electron chi connectivity index (χ2n) is 6.70. The van der Waals surface area contributed by atoms with Crippen LogP contribution in [0.3, 0.4) is 0 Å².